The van der Waals surface area contributed by atoms with Crippen molar-refractivity contribution in [2.45, 2.75) is 52.0 Å². The summed E-state index contributed by atoms with van der Waals surface area (Å²) in [5.41, 5.74) is 2.21. The van der Waals surface area contributed by atoms with Gasteiger partial charge in [0.25, 0.3) is 0 Å². The van der Waals surface area contributed by atoms with E-state index in [1.165, 1.54) is 36.0 Å². The van der Waals surface area contributed by atoms with Crippen LogP contribution >= 0.6 is 0 Å². The molecule has 4 rings (SSSR count). The molecule has 1 saturated carbocycles. The summed E-state index contributed by atoms with van der Waals surface area (Å²) in [6.07, 6.45) is 7.45. The molecule has 0 unspecified atom stereocenters. The maximum absolute atomic E-state index is 12.7. The van der Waals surface area contributed by atoms with Crippen molar-refractivity contribution in [3.8, 4) is 11.4 Å². The van der Waals surface area contributed by atoms with Crippen molar-refractivity contribution in [3.63, 3.8) is 0 Å². The van der Waals surface area contributed by atoms with Gasteiger partial charge in [0.2, 0.25) is 11.7 Å². The van der Waals surface area contributed by atoms with Crippen LogP contribution in [0, 0.1) is 11.8 Å². The van der Waals surface area contributed by atoms with Gasteiger partial charge < -0.3 is 4.90 Å². The van der Waals surface area contributed by atoms with E-state index in [1.807, 2.05) is 17.0 Å². The highest BCUT2D eigenvalue weighted by atomic mass is 16.2. The maximum atomic E-state index is 12.7. The van der Waals surface area contributed by atoms with E-state index in [1.54, 1.807) is 0 Å². The smallest absolute Gasteiger partial charge is 0.246 e. The van der Waals surface area contributed by atoms with Crippen LogP contribution in [0.1, 0.15) is 44.6 Å². The second-order valence-corrected chi connectivity index (χ2v) is 7.63. The number of benzene rings is 1. The molecule has 2 atom stereocenters. The minimum absolute atomic E-state index is 0.110. The predicted molar refractivity (Wildman–Crippen MR) is 99.3 cm³/mol. The third-order valence-electron chi connectivity index (χ3n) is 5.99. The maximum Gasteiger partial charge on any atom is 0.246 e. The molecule has 2 fully saturated rings. The molecule has 1 aliphatic carbocycles. The van der Waals surface area contributed by atoms with Crippen LogP contribution in [0.3, 0.4) is 0 Å². The number of rotatable bonds is 4. The lowest BCUT2D eigenvalue weighted by Gasteiger charge is -2.41. The molecule has 0 spiro atoms. The van der Waals surface area contributed by atoms with Gasteiger partial charge in [-0.1, -0.05) is 50.5 Å². The van der Waals surface area contributed by atoms with Crippen LogP contribution in [0.2, 0.25) is 0 Å². The van der Waals surface area contributed by atoms with E-state index in [-0.39, 0.29) is 12.5 Å². The minimum Gasteiger partial charge on any atom is -0.341 e. The van der Waals surface area contributed by atoms with Crippen molar-refractivity contribution in [2.75, 3.05) is 13.1 Å². The molecule has 138 valence electrons. The molecule has 1 aliphatic heterocycles. The summed E-state index contributed by atoms with van der Waals surface area (Å²) in [6.45, 7) is 4.09. The fraction of sp³-hybridized carbons (Fsp3) is 0.600. The Kier molecular flexibility index (Phi) is 5.00. The number of aromatic nitrogens is 4. The topological polar surface area (TPSA) is 63.9 Å². The number of nitrogens with zero attached hydrogens (tertiary/aromatic N) is 5. The van der Waals surface area contributed by atoms with Gasteiger partial charge in [-0.2, -0.15) is 4.80 Å². The van der Waals surface area contributed by atoms with E-state index in [4.69, 9.17) is 0 Å². The highest BCUT2D eigenvalue weighted by Gasteiger charge is 2.33. The Hall–Kier alpha value is -2.24. The first kappa shape index (κ1) is 17.2. The SMILES string of the molecule is CCc1ccc(-c2nnn(CC(=O)N3CC[C@H]4CCCC[C@@H]4C3)n2)cc1. The van der Waals surface area contributed by atoms with E-state index in [0.29, 0.717) is 11.7 Å². The fourth-order valence-corrected chi connectivity index (χ4v) is 4.36. The standard InChI is InChI=1S/C20H27N5O/c1-2-15-7-9-17(10-8-15)20-21-23-25(22-20)14-19(26)24-12-11-16-5-3-4-6-18(16)13-24/h7-10,16,18H,2-6,11-14H2,1H3/t16-,18-/m1/s1. The third-order valence-corrected chi connectivity index (χ3v) is 5.99. The van der Waals surface area contributed by atoms with Gasteiger partial charge >= 0.3 is 0 Å². The summed E-state index contributed by atoms with van der Waals surface area (Å²) in [6, 6.07) is 8.18. The van der Waals surface area contributed by atoms with Crippen molar-refractivity contribution < 1.29 is 4.79 Å². The number of likely N-dealkylation sites (tertiary alicyclic amines) is 1. The van der Waals surface area contributed by atoms with E-state index in [9.17, 15) is 4.79 Å². The van der Waals surface area contributed by atoms with Gasteiger partial charge in [0, 0.05) is 18.7 Å². The zero-order valence-corrected chi connectivity index (χ0v) is 15.5. The zero-order valence-electron chi connectivity index (χ0n) is 15.5. The number of carbonyl (C=O) groups excluding carboxylic acids is 1. The number of hydrogen-bond donors (Lipinski definition) is 0. The average molecular weight is 353 g/mol. The van der Waals surface area contributed by atoms with Crippen LogP contribution in [0.4, 0.5) is 0 Å². The third kappa shape index (κ3) is 3.64. The lowest BCUT2D eigenvalue weighted by molar-refractivity contribution is -0.135. The molecule has 1 aromatic carbocycles. The van der Waals surface area contributed by atoms with Crippen molar-refractivity contribution in [1.82, 2.24) is 25.1 Å². The van der Waals surface area contributed by atoms with E-state index in [2.05, 4.69) is 34.5 Å². The number of carbonyl (C=O) groups is 1. The molecule has 1 amide bonds. The van der Waals surface area contributed by atoms with Gasteiger partial charge in [-0.3, -0.25) is 4.79 Å². The molecular formula is C20H27N5O. The molecule has 1 aromatic heterocycles. The Morgan fingerprint density at radius 2 is 1.88 bits per heavy atom. The van der Waals surface area contributed by atoms with Crippen molar-refractivity contribution in [3.05, 3.63) is 29.8 Å². The Balaban J connectivity index is 1.38. The summed E-state index contributed by atoms with van der Waals surface area (Å²) in [5, 5.41) is 12.6. The molecule has 2 aliphatic rings. The number of aryl methyl sites for hydroxylation is 1. The number of fused-ring (bicyclic) bond motifs is 1. The van der Waals surface area contributed by atoms with Crippen molar-refractivity contribution >= 4 is 5.91 Å². The molecule has 1 saturated heterocycles. The minimum atomic E-state index is 0.110. The molecule has 26 heavy (non-hydrogen) atoms. The quantitative estimate of drug-likeness (QED) is 0.848. The van der Waals surface area contributed by atoms with Gasteiger partial charge in [0.05, 0.1) is 0 Å². The van der Waals surface area contributed by atoms with Gasteiger partial charge in [-0.15, -0.1) is 10.2 Å². The second-order valence-electron chi connectivity index (χ2n) is 7.63. The fourth-order valence-electron chi connectivity index (χ4n) is 4.36. The molecule has 0 bridgehead atoms. The first-order valence-electron chi connectivity index (χ1n) is 9.88. The number of hydrogen-bond acceptors (Lipinski definition) is 4. The van der Waals surface area contributed by atoms with Crippen molar-refractivity contribution in [2.24, 2.45) is 11.8 Å². The van der Waals surface area contributed by atoms with Crippen LogP contribution in [0.25, 0.3) is 11.4 Å². The molecule has 0 radical (unpaired) electrons. The van der Waals surface area contributed by atoms with Gasteiger partial charge in [-0.05, 0) is 41.9 Å². The first-order valence-corrected chi connectivity index (χ1v) is 9.88. The van der Waals surface area contributed by atoms with Gasteiger partial charge in [0.1, 0.15) is 6.54 Å². The number of amides is 1. The van der Waals surface area contributed by atoms with Crippen LogP contribution in [-0.4, -0.2) is 44.1 Å². The molecule has 0 N–H and O–H groups in total. The Labute approximate surface area is 154 Å². The monoisotopic (exact) mass is 353 g/mol. The number of tetrazole rings is 1. The van der Waals surface area contributed by atoms with Crippen LogP contribution in [0.15, 0.2) is 24.3 Å². The highest BCUT2D eigenvalue weighted by Crippen LogP contribution is 2.36. The van der Waals surface area contributed by atoms with E-state index >= 15 is 0 Å². The summed E-state index contributed by atoms with van der Waals surface area (Å²) >= 11 is 0. The summed E-state index contributed by atoms with van der Waals surface area (Å²) in [4.78, 5) is 16.1. The summed E-state index contributed by atoms with van der Waals surface area (Å²) in [7, 11) is 0. The largest absolute Gasteiger partial charge is 0.341 e. The second kappa shape index (κ2) is 7.56. The van der Waals surface area contributed by atoms with Gasteiger partial charge in [0.15, 0.2) is 0 Å². The molecular weight excluding hydrogens is 326 g/mol. The normalized spacial score (nSPS) is 22.9. The highest BCUT2D eigenvalue weighted by molar-refractivity contribution is 5.76. The Bertz CT molecular complexity index is 754. The van der Waals surface area contributed by atoms with Gasteiger partial charge in [-0.25, -0.2) is 0 Å². The molecule has 6 nitrogen and oxygen atoms in total. The Morgan fingerprint density at radius 1 is 1.12 bits per heavy atom. The van der Waals surface area contributed by atoms with Crippen molar-refractivity contribution in [1.29, 1.82) is 0 Å². The molecule has 6 heteroatoms. The lowest BCUT2D eigenvalue weighted by Crippen LogP contribution is -2.46. The predicted octanol–water partition coefficient (Wildman–Crippen LogP) is 2.94. The lowest BCUT2D eigenvalue weighted by atomic mass is 9.75. The van der Waals surface area contributed by atoms with Crippen LogP contribution < -0.4 is 0 Å². The number of piperidine rings is 1. The van der Waals surface area contributed by atoms with Crippen LogP contribution in [-0.2, 0) is 17.8 Å². The van der Waals surface area contributed by atoms with E-state index < -0.39 is 0 Å². The van der Waals surface area contributed by atoms with Crippen LogP contribution in [0.5, 0.6) is 0 Å². The molecule has 2 aromatic rings. The summed E-state index contributed by atoms with van der Waals surface area (Å²) in [5.74, 6) is 2.21. The van der Waals surface area contributed by atoms with E-state index in [0.717, 1.165) is 37.4 Å². The first-order chi connectivity index (χ1) is 12.7. The Morgan fingerprint density at radius 3 is 2.65 bits per heavy atom. The zero-order chi connectivity index (χ0) is 17.9. The average Bonchev–Trinajstić information content (AvgIpc) is 3.16. The molecule has 2 heterocycles. The summed E-state index contributed by atoms with van der Waals surface area (Å²) < 4.78 is 0.